The van der Waals surface area contributed by atoms with Crippen LogP contribution in [0.3, 0.4) is 0 Å². The molecule has 0 aliphatic carbocycles. The highest BCUT2D eigenvalue weighted by Crippen LogP contribution is 2.02. The average molecular weight is 173 g/mol. The summed E-state index contributed by atoms with van der Waals surface area (Å²) in [6.07, 6.45) is 2.27. The standard InChI is InChI=1S/C7H17N3.C2H6/c1-6(2)4-3-5-10-7(8)9;1-2/h6H,3-5H2,1-2H3,(H4,8,9,10);1-2H3. The molecule has 0 amide bonds. The summed E-state index contributed by atoms with van der Waals surface area (Å²) in [6, 6.07) is 0. The molecular weight excluding hydrogens is 150 g/mol. The number of guanidine groups is 1. The molecule has 0 saturated heterocycles. The molecule has 3 nitrogen and oxygen atoms in total. The smallest absolute Gasteiger partial charge is 0.185 e. The highest BCUT2D eigenvalue weighted by atomic mass is 15.0. The second-order valence-corrected chi connectivity index (χ2v) is 2.84. The van der Waals surface area contributed by atoms with Crippen LogP contribution < -0.4 is 11.5 Å². The van der Waals surface area contributed by atoms with Crippen molar-refractivity contribution in [2.24, 2.45) is 22.4 Å². The van der Waals surface area contributed by atoms with E-state index >= 15 is 0 Å². The fourth-order valence-electron chi connectivity index (χ4n) is 0.708. The highest BCUT2D eigenvalue weighted by Gasteiger charge is 1.91. The quantitative estimate of drug-likeness (QED) is 0.386. The molecule has 0 rings (SSSR count). The summed E-state index contributed by atoms with van der Waals surface area (Å²) < 4.78 is 0. The van der Waals surface area contributed by atoms with Crippen LogP contribution >= 0.6 is 0 Å². The second-order valence-electron chi connectivity index (χ2n) is 2.84. The van der Waals surface area contributed by atoms with Crippen molar-refractivity contribution in [1.29, 1.82) is 0 Å². The van der Waals surface area contributed by atoms with Crippen LogP contribution in [0.4, 0.5) is 0 Å². The average Bonchev–Trinajstić information content (AvgIpc) is 2.02. The van der Waals surface area contributed by atoms with Gasteiger partial charge in [-0.25, -0.2) is 0 Å². The SMILES string of the molecule is CC.CC(C)CCCN=C(N)N. The van der Waals surface area contributed by atoms with Crippen molar-refractivity contribution in [3.8, 4) is 0 Å². The topological polar surface area (TPSA) is 64.4 Å². The fraction of sp³-hybridized carbons (Fsp3) is 0.889. The molecular formula is C9H23N3. The molecule has 74 valence electrons. The van der Waals surface area contributed by atoms with Crippen LogP contribution in [0, 0.1) is 5.92 Å². The number of nitrogens with zero attached hydrogens (tertiary/aromatic N) is 1. The lowest BCUT2D eigenvalue weighted by atomic mass is 10.1. The van der Waals surface area contributed by atoms with E-state index in [9.17, 15) is 0 Å². The van der Waals surface area contributed by atoms with E-state index in [-0.39, 0.29) is 5.96 Å². The van der Waals surface area contributed by atoms with E-state index in [4.69, 9.17) is 11.5 Å². The largest absolute Gasteiger partial charge is 0.370 e. The minimum atomic E-state index is 0.198. The van der Waals surface area contributed by atoms with Crippen molar-refractivity contribution in [2.75, 3.05) is 6.54 Å². The fourth-order valence-corrected chi connectivity index (χ4v) is 0.708. The van der Waals surface area contributed by atoms with Gasteiger partial charge in [0.2, 0.25) is 0 Å². The number of nitrogens with two attached hydrogens (primary N) is 2. The van der Waals surface area contributed by atoms with Crippen LogP contribution in [0.15, 0.2) is 4.99 Å². The maximum atomic E-state index is 5.14. The van der Waals surface area contributed by atoms with E-state index in [1.54, 1.807) is 0 Å². The first-order valence-electron chi connectivity index (χ1n) is 4.68. The Labute approximate surface area is 76.2 Å². The van der Waals surface area contributed by atoms with Gasteiger partial charge in [-0.15, -0.1) is 0 Å². The number of rotatable bonds is 4. The molecule has 0 atom stereocenters. The van der Waals surface area contributed by atoms with Gasteiger partial charge in [0.25, 0.3) is 0 Å². The zero-order valence-corrected chi connectivity index (χ0v) is 8.80. The molecule has 3 heteroatoms. The van der Waals surface area contributed by atoms with Gasteiger partial charge in [-0.3, -0.25) is 4.99 Å². The molecule has 0 saturated carbocycles. The van der Waals surface area contributed by atoms with Crippen molar-refractivity contribution in [1.82, 2.24) is 0 Å². The summed E-state index contributed by atoms with van der Waals surface area (Å²) >= 11 is 0. The lowest BCUT2D eigenvalue weighted by Gasteiger charge is -2.00. The summed E-state index contributed by atoms with van der Waals surface area (Å²) in [5, 5.41) is 0. The third-order valence-electron chi connectivity index (χ3n) is 1.23. The lowest BCUT2D eigenvalue weighted by molar-refractivity contribution is 0.561. The van der Waals surface area contributed by atoms with Crippen LogP contribution in [0.1, 0.15) is 40.5 Å². The molecule has 0 aliphatic heterocycles. The molecule has 0 unspecified atom stereocenters. The van der Waals surface area contributed by atoms with E-state index < -0.39 is 0 Å². The minimum Gasteiger partial charge on any atom is -0.370 e. The Morgan fingerprint density at radius 3 is 2.08 bits per heavy atom. The Morgan fingerprint density at radius 2 is 1.75 bits per heavy atom. The highest BCUT2D eigenvalue weighted by molar-refractivity contribution is 5.75. The van der Waals surface area contributed by atoms with E-state index in [1.807, 2.05) is 13.8 Å². The molecule has 0 bridgehead atoms. The first-order valence-corrected chi connectivity index (χ1v) is 4.68. The van der Waals surface area contributed by atoms with Gasteiger partial charge in [-0.2, -0.15) is 0 Å². The summed E-state index contributed by atoms with van der Waals surface area (Å²) in [5.74, 6) is 0.943. The van der Waals surface area contributed by atoms with E-state index in [0.29, 0.717) is 0 Å². The molecule has 0 fully saturated rings. The summed E-state index contributed by atoms with van der Waals surface area (Å²) in [7, 11) is 0. The third kappa shape index (κ3) is 16.1. The van der Waals surface area contributed by atoms with Gasteiger partial charge >= 0.3 is 0 Å². The molecule has 0 aliphatic rings. The zero-order valence-electron chi connectivity index (χ0n) is 8.80. The van der Waals surface area contributed by atoms with Crippen molar-refractivity contribution in [3.05, 3.63) is 0 Å². The van der Waals surface area contributed by atoms with Gasteiger partial charge in [-0.05, 0) is 18.8 Å². The first kappa shape index (κ1) is 13.8. The summed E-state index contributed by atoms with van der Waals surface area (Å²) in [4.78, 5) is 3.87. The Hall–Kier alpha value is -0.730. The zero-order chi connectivity index (χ0) is 9.98. The third-order valence-corrected chi connectivity index (χ3v) is 1.23. The molecule has 0 aromatic heterocycles. The monoisotopic (exact) mass is 173 g/mol. The molecule has 12 heavy (non-hydrogen) atoms. The van der Waals surface area contributed by atoms with E-state index in [0.717, 1.165) is 18.9 Å². The van der Waals surface area contributed by atoms with Gasteiger partial charge < -0.3 is 11.5 Å². The predicted octanol–water partition coefficient (Wildman–Crippen LogP) is 1.72. The van der Waals surface area contributed by atoms with Gasteiger partial charge in [-0.1, -0.05) is 27.7 Å². The molecule has 0 aromatic rings. The lowest BCUT2D eigenvalue weighted by Crippen LogP contribution is -2.22. The van der Waals surface area contributed by atoms with Crippen LogP contribution in [0.2, 0.25) is 0 Å². The minimum absolute atomic E-state index is 0.198. The van der Waals surface area contributed by atoms with Gasteiger partial charge in [0.15, 0.2) is 5.96 Å². The molecule has 4 N–H and O–H groups in total. The van der Waals surface area contributed by atoms with Gasteiger partial charge in [0, 0.05) is 6.54 Å². The maximum Gasteiger partial charge on any atom is 0.185 e. The number of hydrogen-bond acceptors (Lipinski definition) is 1. The second kappa shape index (κ2) is 10.3. The van der Waals surface area contributed by atoms with Gasteiger partial charge in [0.1, 0.15) is 0 Å². The van der Waals surface area contributed by atoms with E-state index in [2.05, 4.69) is 18.8 Å². The van der Waals surface area contributed by atoms with Crippen molar-refractivity contribution < 1.29 is 0 Å². The summed E-state index contributed by atoms with van der Waals surface area (Å²) in [6.45, 7) is 9.14. The number of hydrogen-bond donors (Lipinski definition) is 2. The molecule has 0 spiro atoms. The normalized spacial score (nSPS) is 8.75. The Kier molecular flexibility index (Phi) is 11.8. The number of aliphatic imine (C=N–C) groups is 1. The molecule has 0 aromatic carbocycles. The van der Waals surface area contributed by atoms with Gasteiger partial charge in [0.05, 0.1) is 0 Å². The van der Waals surface area contributed by atoms with Crippen molar-refractivity contribution >= 4 is 5.96 Å². The van der Waals surface area contributed by atoms with Crippen molar-refractivity contribution in [3.63, 3.8) is 0 Å². The maximum absolute atomic E-state index is 5.14. The van der Waals surface area contributed by atoms with Crippen LogP contribution in [-0.4, -0.2) is 12.5 Å². The van der Waals surface area contributed by atoms with Crippen LogP contribution in [0.25, 0.3) is 0 Å². The predicted molar refractivity (Wildman–Crippen MR) is 56.1 cm³/mol. The molecule has 0 radical (unpaired) electrons. The Balaban J connectivity index is 0. The molecule has 0 heterocycles. The Bertz CT molecular complexity index is 104. The van der Waals surface area contributed by atoms with Crippen molar-refractivity contribution in [2.45, 2.75) is 40.5 Å². The van der Waals surface area contributed by atoms with E-state index in [1.165, 1.54) is 6.42 Å². The summed E-state index contributed by atoms with van der Waals surface area (Å²) in [5.41, 5.74) is 10.3. The first-order chi connectivity index (χ1) is 5.63. The van der Waals surface area contributed by atoms with Crippen LogP contribution in [0.5, 0.6) is 0 Å². The Morgan fingerprint density at radius 1 is 1.25 bits per heavy atom. The van der Waals surface area contributed by atoms with Crippen LogP contribution in [-0.2, 0) is 0 Å².